The van der Waals surface area contributed by atoms with Crippen LogP contribution in [-0.4, -0.2) is 39.3 Å². The molecule has 132 valence electrons. The van der Waals surface area contributed by atoms with Crippen LogP contribution in [0.25, 0.3) is 0 Å². The van der Waals surface area contributed by atoms with E-state index in [1.54, 1.807) is 18.2 Å². The smallest absolute Gasteiger partial charge is 0.324 e. The first kappa shape index (κ1) is 17.6. The summed E-state index contributed by atoms with van der Waals surface area (Å²) in [5, 5.41) is 9.17. The second-order valence-electron chi connectivity index (χ2n) is 5.16. The van der Waals surface area contributed by atoms with Crippen molar-refractivity contribution in [2.75, 3.05) is 24.1 Å². The Morgan fingerprint density at radius 3 is 2.48 bits per heavy atom. The van der Waals surface area contributed by atoms with E-state index < -0.39 is 22.5 Å². The highest BCUT2D eigenvalue weighted by Gasteiger charge is 2.29. The summed E-state index contributed by atoms with van der Waals surface area (Å²) in [6.07, 6.45) is 0. The van der Waals surface area contributed by atoms with Crippen molar-refractivity contribution in [2.45, 2.75) is 4.90 Å². The van der Waals surface area contributed by atoms with Gasteiger partial charge in [0.1, 0.15) is 19.8 Å². The van der Waals surface area contributed by atoms with Gasteiger partial charge in [0.2, 0.25) is 0 Å². The van der Waals surface area contributed by atoms with Gasteiger partial charge in [-0.05, 0) is 40.2 Å². The molecule has 0 saturated heterocycles. The summed E-state index contributed by atoms with van der Waals surface area (Å²) >= 11 is 3.27. The number of carboxylic acid groups (broad SMARTS) is 1. The normalized spacial score (nSPS) is 13.3. The lowest BCUT2D eigenvalue weighted by molar-refractivity contribution is -0.135. The molecule has 1 aliphatic heterocycles. The molecule has 2 aromatic rings. The van der Waals surface area contributed by atoms with Gasteiger partial charge in [-0.3, -0.25) is 9.10 Å². The lowest BCUT2D eigenvalue weighted by atomic mass is 10.3. The Balaban J connectivity index is 2.08. The molecule has 0 bridgehead atoms. The lowest BCUT2D eigenvalue weighted by Gasteiger charge is -2.25. The van der Waals surface area contributed by atoms with Gasteiger partial charge in [-0.25, -0.2) is 8.42 Å². The summed E-state index contributed by atoms with van der Waals surface area (Å²) in [5.41, 5.74) is 0.236. The van der Waals surface area contributed by atoms with Gasteiger partial charge < -0.3 is 14.6 Å². The largest absolute Gasteiger partial charge is 0.486 e. The number of sulfonamides is 1. The van der Waals surface area contributed by atoms with Crippen molar-refractivity contribution in [2.24, 2.45) is 0 Å². The number of aliphatic carboxylic acids is 1. The fourth-order valence-electron chi connectivity index (χ4n) is 2.39. The highest BCUT2D eigenvalue weighted by molar-refractivity contribution is 9.10. The molecule has 0 amide bonds. The minimum absolute atomic E-state index is 0.0752. The van der Waals surface area contributed by atoms with Crippen LogP contribution in [-0.2, 0) is 14.8 Å². The summed E-state index contributed by atoms with van der Waals surface area (Å²) in [6, 6.07) is 10.7. The van der Waals surface area contributed by atoms with Gasteiger partial charge in [-0.15, -0.1) is 0 Å². The highest BCUT2D eigenvalue weighted by Crippen LogP contribution is 2.35. The highest BCUT2D eigenvalue weighted by atomic mass is 79.9. The van der Waals surface area contributed by atoms with Gasteiger partial charge in [0.05, 0.1) is 10.6 Å². The summed E-state index contributed by atoms with van der Waals surface area (Å²) in [5.74, 6) is -0.498. The molecule has 0 aromatic heterocycles. The molecule has 0 radical (unpaired) electrons. The number of halogens is 1. The number of carboxylic acids is 1. The number of para-hydroxylation sites is 1. The Kier molecular flexibility index (Phi) is 4.87. The number of carbonyl (C=O) groups is 1. The Bertz CT molecular complexity index is 915. The Labute approximate surface area is 153 Å². The third kappa shape index (κ3) is 3.57. The van der Waals surface area contributed by atoms with Crippen molar-refractivity contribution in [1.82, 2.24) is 0 Å². The molecular formula is C16H14BrNO6S. The first-order valence-corrected chi connectivity index (χ1v) is 9.51. The van der Waals surface area contributed by atoms with Gasteiger partial charge in [-0.2, -0.15) is 0 Å². The second-order valence-corrected chi connectivity index (χ2v) is 7.88. The quantitative estimate of drug-likeness (QED) is 0.787. The molecule has 1 heterocycles. The summed E-state index contributed by atoms with van der Waals surface area (Å²) in [6.45, 7) is 0.000160. The zero-order chi connectivity index (χ0) is 18.0. The summed E-state index contributed by atoms with van der Waals surface area (Å²) in [7, 11) is -4.12. The van der Waals surface area contributed by atoms with Crippen molar-refractivity contribution < 1.29 is 27.8 Å². The molecule has 0 aliphatic carbocycles. The topological polar surface area (TPSA) is 93.1 Å². The average Bonchev–Trinajstić information content (AvgIpc) is 2.59. The predicted octanol–water partition coefficient (Wildman–Crippen LogP) is 2.50. The van der Waals surface area contributed by atoms with Crippen LogP contribution in [0.4, 0.5) is 5.69 Å². The maximum Gasteiger partial charge on any atom is 0.324 e. The van der Waals surface area contributed by atoms with E-state index in [1.807, 2.05) is 0 Å². The van der Waals surface area contributed by atoms with Gasteiger partial charge in [0.25, 0.3) is 10.0 Å². The second kappa shape index (κ2) is 6.93. The predicted molar refractivity (Wildman–Crippen MR) is 93.7 cm³/mol. The first-order chi connectivity index (χ1) is 11.9. The van der Waals surface area contributed by atoms with Gasteiger partial charge in [-0.1, -0.05) is 12.1 Å². The molecule has 0 saturated carbocycles. The summed E-state index contributed by atoms with van der Waals surface area (Å²) < 4.78 is 38.2. The molecule has 25 heavy (non-hydrogen) atoms. The number of nitrogens with zero attached hydrogens (tertiary/aromatic N) is 1. The van der Waals surface area contributed by atoms with Gasteiger partial charge in [0, 0.05) is 10.5 Å². The number of hydrogen-bond acceptors (Lipinski definition) is 5. The van der Waals surface area contributed by atoms with Crippen molar-refractivity contribution >= 4 is 37.6 Å². The Morgan fingerprint density at radius 2 is 1.80 bits per heavy atom. The van der Waals surface area contributed by atoms with E-state index in [2.05, 4.69) is 15.9 Å². The zero-order valence-electron chi connectivity index (χ0n) is 12.9. The fourth-order valence-corrected chi connectivity index (χ4v) is 4.45. The van der Waals surface area contributed by atoms with Crippen LogP contribution >= 0.6 is 15.9 Å². The number of anilines is 1. The monoisotopic (exact) mass is 427 g/mol. The van der Waals surface area contributed by atoms with E-state index >= 15 is 0 Å². The molecule has 0 atom stereocenters. The van der Waals surface area contributed by atoms with E-state index in [0.717, 1.165) is 4.31 Å². The average molecular weight is 428 g/mol. The number of benzene rings is 2. The van der Waals surface area contributed by atoms with Crippen LogP contribution in [0.3, 0.4) is 0 Å². The Morgan fingerprint density at radius 1 is 1.12 bits per heavy atom. The lowest BCUT2D eigenvalue weighted by Crippen LogP contribution is -2.36. The molecule has 2 aromatic carbocycles. The molecule has 0 fully saturated rings. The van der Waals surface area contributed by atoms with E-state index in [9.17, 15) is 18.3 Å². The van der Waals surface area contributed by atoms with Crippen LogP contribution < -0.4 is 13.8 Å². The molecule has 1 aliphatic rings. The molecule has 0 spiro atoms. The van der Waals surface area contributed by atoms with E-state index in [4.69, 9.17) is 9.47 Å². The zero-order valence-corrected chi connectivity index (χ0v) is 15.3. The first-order valence-electron chi connectivity index (χ1n) is 7.28. The van der Waals surface area contributed by atoms with Crippen molar-refractivity contribution in [3.05, 3.63) is 46.9 Å². The third-order valence-electron chi connectivity index (χ3n) is 3.50. The van der Waals surface area contributed by atoms with Gasteiger partial charge in [0.15, 0.2) is 11.5 Å². The fraction of sp³-hybridized carbons (Fsp3) is 0.188. The van der Waals surface area contributed by atoms with E-state index in [1.165, 1.54) is 24.3 Å². The number of hydrogen-bond donors (Lipinski definition) is 1. The molecule has 9 heteroatoms. The number of rotatable bonds is 5. The molecular weight excluding hydrogens is 414 g/mol. The molecule has 0 unspecified atom stereocenters. The van der Waals surface area contributed by atoms with E-state index in [-0.39, 0.29) is 10.6 Å². The minimum Gasteiger partial charge on any atom is -0.486 e. The van der Waals surface area contributed by atoms with Gasteiger partial charge >= 0.3 is 5.97 Å². The van der Waals surface area contributed by atoms with E-state index in [0.29, 0.717) is 29.2 Å². The summed E-state index contributed by atoms with van der Waals surface area (Å²) in [4.78, 5) is 11.2. The van der Waals surface area contributed by atoms with Crippen molar-refractivity contribution in [3.63, 3.8) is 0 Å². The number of ether oxygens (including phenoxy) is 2. The standard InChI is InChI=1S/C16H14BrNO6S/c17-12-3-1-2-4-13(12)18(10-16(19)20)25(21,22)11-5-6-14-15(9-11)24-8-7-23-14/h1-6,9H,7-8,10H2,(H,19,20). The molecule has 3 rings (SSSR count). The van der Waals surface area contributed by atoms with Crippen LogP contribution in [0.5, 0.6) is 11.5 Å². The van der Waals surface area contributed by atoms with Crippen molar-refractivity contribution in [3.8, 4) is 11.5 Å². The minimum atomic E-state index is -4.12. The third-order valence-corrected chi connectivity index (χ3v) is 5.93. The number of fused-ring (bicyclic) bond motifs is 1. The maximum atomic E-state index is 13.1. The van der Waals surface area contributed by atoms with Crippen LogP contribution in [0, 0.1) is 0 Å². The SMILES string of the molecule is O=C(O)CN(c1ccccc1Br)S(=O)(=O)c1ccc2c(c1)OCCO2. The van der Waals surface area contributed by atoms with Crippen LogP contribution in [0.1, 0.15) is 0 Å². The van der Waals surface area contributed by atoms with Crippen LogP contribution in [0.2, 0.25) is 0 Å². The molecule has 1 N–H and O–H groups in total. The molecule has 7 nitrogen and oxygen atoms in total. The van der Waals surface area contributed by atoms with Crippen LogP contribution in [0.15, 0.2) is 51.8 Å². The Hall–Kier alpha value is -2.26. The maximum absolute atomic E-state index is 13.1. The van der Waals surface area contributed by atoms with Crippen molar-refractivity contribution in [1.29, 1.82) is 0 Å².